The number of rotatable bonds is 5. The fraction of sp³-hybridized carbons (Fsp3) is 0.462. The Hall–Kier alpha value is -1.71. The van der Waals surface area contributed by atoms with Gasteiger partial charge in [0.15, 0.2) is 0 Å². The molecule has 0 aliphatic rings. The summed E-state index contributed by atoms with van der Waals surface area (Å²) in [7, 11) is 0. The van der Waals surface area contributed by atoms with Crippen LogP contribution < -0.4 is 10.5 Å². The predicted octanol–water partition coefficient (Wildman–Crippen LogP) is 2.62. The molecule has 0 amide bonds. The molecule has 0 saturated carbocycles. The zero-order valence-corrected chi connectivity index (χ0v) is 10.5. The summed E-state index contributed by atoms with van der Waals surface area (Å²) in [6.07, 6.45) is 0.943. The van der Waals surface area contributed by atoms with Gasteiger partial charge in [0.05, 0.1) is 24.0 Å². The zero-order valence-electron chi connectivity index (χ0n) is 10.5. The summed E-state index contributed by atoms with van der Waals surface area (Å²) in [5.41, 5.74) is 6.77. The molecule has 0 fully saturated rings. The molecule has 0 aliphatic heterocycles. The molecule has 1 aromatic carbocycles. The highest BCUT2D eigenvalue weighted by Gasteiger charge is 2.11. The quantitative estimate of drug-likeness (QED) is 0.631. The van der Waals surface area contributed by atoms with Gasteiger partial charge in [-0.05, 0) is 38.5 Å². The molecule has 1 atom stereocenters. The molecule has 1 aromatic rings. The van der Waals surface area contributed by atoms with Crippen LogP contribution in [0.25, 0.3) is 0 Å². The van der Waals surface area contributed by atoms with Crippen molar-refractivity contribution < 1.29 is 14.3 Å². The van der Waals surface area contributed by atoms with Crippen LogP contribution >= 0.6 is 0 Å². The van der Waals surface area contributed by atoms with Crippen LogP contribution in [0.2, 0.25) is 0 Å². The van der Waals surface area contributed by atoms with Gasteiger partial charge in [-0.3, -0.25) is 0 Å². The Labute approximate surface area is 102 Å². The van der Waals surface area contributed by atoms with Crippen molar-refractivity contribution in [2.45, 2.75) is 33.3 Å². The van der Waals surface area contributed by atoms with Gasteiger partial charge in [-0.1, -0.05) is 6.92 Å². The van der Waals surface area contributed by atoms with Gasteiger partial charge in [0.25, 0.3) is 0 Å². The van der Waals surface area contributed by atoms with E-state index in [1.54, 1.807) is 25.1 Å². The molecular weight excluding hydrogens is 218 g/mol. The van der Waals surface area contributed by atoms with Gasteiger partial charge in [0, 0.05) is 0 Å². The minimum atomic E-state index is -0.360. The number of hydrogen-bond acceptors (Lipinski definition) is 4. The van der Waals surface area contributed by atoms with Crippen molar-refractivity contribution in [3.05, 3.63) is 23.8 Å². The van der Waals surface area contributed by atoms with Crippen LogP contribution in [-0.4, -0.2) is 18.7 Å². The fourth-order valence-electron chi connectivity index (χ4n) is 1.28. The van der Waals surface area contributed by atoms with E-state index in [2.05, 4.69) is 0 Å². The van der Waals surface area contributed by atoms with Gasteiger partial charge in [-0.15, -0.1) is 0 Å². The summed E-state index contributed by atoms with van der Waals surface area (Å²) in [5, 5.41) is 0. The molecule has 4 nitrogen and oxygen atoms in total. The number of carbonyl (C=O) groups excluding carboxylic acids is 1. The molecule has 0 heterocycles. The lowest BCUT2D eigenvalue weighted by atomic mass is 10.2. The Morgan fingerprint density at radius 2 is 2.12 bits per heavy atom. The van der Waals surface area contributed by atoms with Gasteiger partial charge in [-0.2, -0.15) is 0 Å². The lowest BCUT2D eigenvalue weighted by Gasteiger charge is -2.15. The van der Waals surface area contributed by atoms with E-state index in [1.807, 2.05) is 13.8 Å². The van der Waals surface area contributed by atoms with E-state index < -0.39 is 0 Å². The first-order chi connectivity index (χ1) is 8.08. The third-order valence-corrected chi connectivity index (χ3v) is 2.43. The van der Waals surface area contributed by atoms with Gasteiger partial charge >= 0.3 is 5.97 Å². The molecule has 0 bridgehead atoms. The molecule has 2 N–H and O–H groups in total. The van der Waals surface area contributed by atoms with Crippen molar-refractivity contribution in [3.63, 3.8) is 0 Å². The zero-order chi connectivity index (χ0) is 12.8. The number of anilines is 1. The second-order valence-electron chi connectivity index (χ2n) is 3.81. The summed E-state index contributed by atoms with van der Waals surface area (Å²) in [4.78, 5) is 11.5. The van der Waals surface area contributed by atoms with Crippen molar-refractivity contribution in [3.8, 4) is 5.75 Å². The Kier molecular flexibility index (Phi) is 4.82. The maximum atomic E-state index is 11.5. The third kappa shape index (κ3) is 3.66. The average molecular weight is 237 g/mol. The minimum Gasteiger partial charge on any atom is -0.489 e. The van der Waals surface area contributed by atoms with Crippen LogP contribution in [0.3, 0.4) is 0 Å². The first kappa shape index (κ1) is 13.4. The SMILES string of the molecule is CCOC(=O)c1ccc(N)c(OC(C)CC)c1. The highest BCUT2D eigenvalue weighted by atomic mass is 16.5. The molecule has 0 aliphatic carbocycles. The second-order valence-corrected chi connectivity index (χ2v) is 3.81. The van der Waals surface area contributed by atoms with Crippen molar-refractivity contribution in [2.75, 3.05) is 12.3 Å². The Balaban J connectivity index is 2.90. The van der Waals surface area contributed by atoms with Crippen molar-refractivity contribution in [2.24, 2.45) is 0 Å². The maximum absolute atomic E-state index is 11.5. The van der Waals surface area contributed by atoms with Crippen LogP contribution in [0.1, 0.15) is 37.6 Å². The van der Waals surface area contributed by atoms with Gasteiger partial charge < -0.3 is 15.2 Å². The van der Waals surface area contributed by atoms with Gasteiger partial charge in [0.2, 0.25) is 0 Å². The molecule has 1 rings (SSSR count). The van der Waals surface area contributed by atoms with Crippen LogP contribution in [0.5, 0.6) is 5.75 Å². The molecule has 0 spiro atoms. The topological polar surface area (TPSA) is 61.5 Å². The van der Waals surface area contributed by atoms with E-state index >= 15 is 0 Å². The summed E-state index contributed by atoms with van der Waals surface area (Å²) in [5.74, 6) is 0.173. The first-order valence-corrected chi connectivity index (χ1v) is 5.81. The van der Waals surface area contributed by atoms with Gasteiger partial charge in [-0.25, -0.2) is 4.79 Å². The van der Waals surface area contributed by atoms with Crippen molar-refractivity contribution in [1.82, 2.24) is 0 Å². The molecule has 0 radical (unpaired) electrons. The smallest absolute Gasteiger partial charge is 0.338 e. The Morgan fingerprint density at radius 3 is 2.71 bits per heavy atom. The van der Waals surface area contributed by atoms with Crippen LogP contribution in [0.15, 0.2) is 18.2 Å². The number of nitrogen functional groups attached to an aromatic ring is 1. The van der Waals surface area contributed by atoms with E-state index in [9.17, 15) is 4.79 Å². The second kappa shape index (κ2) is 6.13. The molecule has 94 valence electrons. The Morgan fingerprint density at radius 1 is 1.41 bits per heavy atom. The summed E-state index contributed by atoms with van der Waals surface area (Å²) in [6.45, 7) is 6.10. The van der Waals surface area contributed by atoms with E-state index in [-0.39, 0.29) is 12.1 Å². The van der Waals surface area contributed by atoms with Crippen LogP contribution in [0, 0.1) is 0 Å². The predicted molar refractivity (Wildman–Crippen MR) is 67.2 cm³/mol. The number of carbonyl (C=O) groups is 1. The lowest BCUT2D eigenvalue weighted by molar-refractivity contribution is 0.0525. The highest BCUT2D eigenvalue weighted by Crippen LogP contribution is 2.24. The van der Waals surface area contributed by atoms with Crippen LogP contribution in [-0.2, 0) is 4.74 Å². The van der Waals surface area contributed by atoms with Crippen molar-refractivity contribution in [1.29, 1.82) is 0 Å². The van der Waals surface area contributed by atoms with E-state index in [4.69, 9.17) is 15.2 Å². The van der Waals surface area contributed by atoms with E-state index in [0.717, 1.165) is 6.42 Å². The minimum absolute atomic E-state index is 0.0646. The summed E-state index contributed by atoms with van der Waals surface area (Å²) < 4.78 is 10.5. The molecule has 0 aromatic heterocycles. The maximum Gasteiger partial charge on any atom is 0.338 e. The molecule has 17 heavy (non-hydrogen) atoms. The molecule has 1 unspecified atom stereocenters. The summed E-state index contributed by atoms with van der Waals surface area (Å²) >= 11 is 0. The van der Waals surface area contributed by atoms with Crippen LogP contribution in [0.4, 0.5) is 5.69 Å². The van der Waals surface area contributed by atoms with Gasteiger partial charge in [0.1, 0.15) is 5.75 Å². The molecule has 0 saturated heterocycles. The number of hydrogen-bond donors (Lipinski definition) is 1. The average Bonchev–Trinajstić information content (AvgIpc) is 2.32. The van der Waals surface area contributed by atoms with E-state index in [0.29, 0.717) is 23.6 Å². The number of esters is 1. The lowest BCUT2D eigenvalue weighted by Crippen LogP contribution is -2.12. The number of ether oxygens (including phenoxy) is 2. The standard InChI is InChI=1S/C13H19NO3/c1-4-9(3)17-12-8-10(6-7-11(12)14)13(15)16-5-2/h6-9H,4-5,14H2,1-3H3. The highest BCUT2D eigenvalue weighted by molar-refractivity contribution is 5.90. The third-order valence-electron chi connectivity index (χ3n) is 2.43. The molecule has 4 heteroatoms. The monoisotopic (exact) mass is 237 g/mol. The summed E-state index contributed by atoms with van der Waals surface area (Å²) in [6, 6.07) is 4.92. The largest absolute Gasteiger partial charge is 0.489 e. The number of nitrogens with two attached hydrogens (primary N) is 1. The first-order valence-electron chi connectivity index (χ1n) is 5.81. The number of benzene rings is 1. The molecular formula is C13H19NO3. The van der Waals surface area contributed by atoms with E-state index in [1.165, 1.54) is 0 Å². The normalized spacial score (nSPS) is 11.9. The van der Waals surface area contributed by atoms with Crippen molar-refractivity contribution >= 4 is 11.7 Å². The Bertz CT molecular complexity index is 390. The fourth-order valence-corrected chi connectivity index (χ4v) is 1.28.